The van der Waals surface area contributed by atoms with Crippen molar-refractivity contribution < 1.29 is 13.2 Å². The van der Waals surface area contributed by atoms with Gasteiger partial charge in [-0.15, -0.1) is 0 Å². The van der Waals surface area contributed by atoms with Crippen LogP contribution in [0.25, 0.3) is 0 Å². The van der Waals surface area contributed by atoms with E-state index in [9.17, 15) is 8.42 Å². The number of rotatable bonds is 8. The topological polar surface area (TPSA) is 84.7 Å². The molecule has 20 heavy (non-hydrogen) atoms. The molecule has 0 aliphatic heterocycles. The molecule has 1 aromatic carbocycles. The van der Waals surface area contributed by atoms with Gasteiger partial charge in [0.25, 0.3) is 0 Å². The number of sulfonamides is 1. The molecule has 0 heterocycles. The van der Waals surface area contributed by atoms with E-state index in [1.165, 1.54) is 18.4 Å². The molecular weight excluding hydrogens is 278 g/mol. The summed E-state index contributed by atoms with van der Waals surface area (Å²) < 4.78 is 30.2. The number of nitrogens with zero attached hydrogens (tertiary/aromatic N) is 1. The summed E-state index contributed by atoms with van der Waals surface area (Å²) in [5, 5.41) is 3.28. The fraction of sp³-hybridized carbons (Fsp3) is 0.538. The molecule has 114 valence electrons. The molecular formula is C13H23N3O3S. The lowest BCUT2D eigenvalue weighted by Gasteiger charge is -2.19. The van der Waals surface area contributed by atoms with E-state index in [1.807, 2.05) is 0 Å². The Balaban J connectivity index is 2.81. The van der Waals surface area contributed by atoms with E-state index in [0.29, 0.717) is 13.2 Å². The Labute approximate surface area is 121 Å². The summed E-state index contributed by atoms with van der Waals surface area (Å²) in [5.41, 5.74) is 6.39. The molecule has 1 aromatic rings. The Morgan fingerprint density at radius 2 is 1.90 bits per heavy atom. The van der Waals surface area contributed by atoms with Gasteiger partial charge in [-0.05, 0) is 37.2 Å². The Morgan fingerprint density at radius 1 is 1.30 bits per heavy atom. The molecule has 1 atom stereocenters. The zero-order valence-electron chi connectivity index (χ0n) is 12.2. The third kappa shape index (κ3) is 4.45. The first kappa shape index (κ1) is 16.9. The molecule has 0 amide bonds. The lowest BCUT2D eigenvalue weighted by molar-refractivity contribution is 0.183. The second-order valence-electron chi connectivity index (χ2n) is 4.69. The molecule has 1 unspecified atom stereocenters. The fourth-order valence-electron chi connectivity index (χ4n) is 1.77. The first-order valence-electron chi connectivity index (χ1n) is 6.40. The Hall–Kier alpha value is -1.15. The molecule has 7 heteroatoms. The number of nitrogens with two attached hydrogens (primary N) is 1. The average molecular weight is 301 g/mol. The summed E-state index contributed by atoms with van der Waals surface area (Å²) in [6.07, 6.45) is 0.783. The molecule has 6 nitrogen and oxygen atoms in total. The molecule has 0 saturated carbocycles. The minimum atomic E-state index is -3.38. The summed E-state index contributed by atoms with van der Waals surface area (Å²) in [7, 11) is 1.28. The molecule has 0 fully saturated rings. The summed E-state index contributed by atoms with van der Waals surface area (Å²) in [5.74, 6) is 0. The van der Waals surface area contributed by atoms with Crippen LogP contribution in [0.5, 0.6) is 0 Å². The Morgan fingerprint density at radius 3 is 2.35 bits per heavy atom. The third-order valence-corrected chi connectivity index (χ3v) is 4.72. The predicted octanol–water partition coefficient (Wildman–Crippen LogP) is 0.713. The molecule has 0 bridgehead atoms. The largest absolute Gasteiger partial charge is 0.383 e. The van der Waals surface area contributed by atoms with Crippen LogP contribution < -0.4 is 11.1 Å². The quantitative estimate of drug-likeness (QED) is 0.739. The highest BCUT2D eigenvalue weighted by Crippen LogP contribution is 2.17. The lowest BCUT2D eigenvalue weighted by Crippen LogP contribution is -2.27. The van der Waals surface area contributed by atoms with Gasteiger partial charge >= 0.3 is 0 Å². The normalized spacial score (nSPS) is 13.4. The summed E-state index contributed by atoms with van der Waals surface area (Å²) in [6, 6.07) is 6.78. The van der Waals surface area contributed by atoms with Crippen LogP contribution in [-0.2, 0) is 14.8 Å². The highest BCUT2D eigenvalue weighted by atomic mass is 32.2. The number of anilines is 1. The van der Waals surface area contributed by atoms with Crippen LogP contribution in [-0.4, -0.2) is 53.1 Å². The maximum atomic E-state index is 11.9. The zero-order valence-corrected chi connectivity index (χ0v) is 13.0. The van der Waals surface area contributed by atoms with Crippen molar-refractivity contribution in [3.05, 3.63) is 24.3 Å². The molecule has 0 aliphatic carbocycles. The van der Waals surface area contributed by atoms with Gasteiger partial charge in [0.1, 0.15) is 0 Å². The smallest absolute Gasteiger partial charge is 0.242 e. The minimum Gasteiger partial charge on any atom is -0.383 e. The van der Waals surface area contributed by atoms with Gasteiger partial charge in [-0.25, -0.2) is 12.7 Å². The van der Waals surface area contributed by atoms with Crippen molar-refractivity contribution in [1.29, 1.82) is 0 Å². The van der Waals surface area contributed by atoms with Crippen LogP contribution >= 0.6 is 0 Å². The van der Waals surface area contributed by atoms with E-state index >= 15 is 0 Å². The van der Waals surface area contributed by atoms with Crippen LogP contribution in [0.2, 0.25) is 0 Å². The fourth-order valence-corrected chi connectivity index (χ4v) is 2.67. The van der Waals surface area contributed by atoms with Crippen molar-refractivity contribution in [3.8, 4) is 0 Å². The van der Waals surface area contributed by atoms with Gasteiger partial charge in [-0.2, -0.15) is 0 Å². The van der Waals surface area contributed by atoms with E-state index in [0.717, 1.165) is 12.1 Å². The van der Waals surface area contributed by atoms with Crippen LogP contribution in [0, 0.1) is 0 Å². The molecule has 0 radical (unpaired) electrons. The van der Waals surface area contributed by atoms with Crippen molar-refractivity contribution in [2.24, 2.45) is 5.73 Å². The van der Waals surface area contributed by atoms with Gasteiger partial charge in [-0.3, -0.25) is 0 Å². The van der Waals surface area contributed by atoms with Gasteiger partial charge in [-0.1, -0.05) is 0 Å². The first-order chi connectivity index (χ1) is 9.41. The van der Waals surface area contributed by atoms with Crippen molar-refractivity contribution >= 4 is 15.7 Å². The highest BCUT2D eigenvalue weighted by molar-refractivity contribution is 7.89. The number of ether oxygens (including phenoxy) is 1. The minimum absolute atomic E-state index is 0.112. The predicted molar refractivity (Wildman–Crippen MR) is 80.3 cm³/mol. The molecule has 0 spiro atoms. The van der Waals surface area contributed by atoms with Crippen molar-refractivity contribution in [3.63, 3.8) is 0 Å². The molecule has 1 rings (SSSR count). The number of hydrogen-bond donors (Lipinski definition) is 2. The van der Waals surface area contributed by atoms with Crippen LogP contribution in [0.4, 0.5) is 5.69 Å². The highest BCUT2D eigenvalue weighted by Gasteiger charge is 2.16. The Bertz CT molecular complexity index is 494. The average Bonchev–Trinajstić information content (AvgIpc) is 2.39. The van der Waals surface area contributed by atoms with Crippen molar-refractivity contribution in [2.45, 2.75) is 17.4 Å². The van der Waals surface area contributed by atoms with Crippen LogP contribution in [0.3, 0.4) is 0 Å². The SMILES string of the molecule is COCC(CCN)Nc1ccc(S(=O)(=O)N(C)C)cc1. The summed E-state index contributed by atoms with van der Waals surface area (Å²) in [4.78, 5) is 0.273. The maximum absolute atomic E-state index is 11.9. The van der Waals surface area contributed by atoms with Crippen molar-refractivity contribution in [2.75, 3.05) is 39.7 Å². The van der Waals surface area contributed by atoms with Gasteiger partial charge in [0.15, 0.2) is 0 Å². The standard InChI is InChI=1S/C13H23N3O3S/c1-16(2)20(17,18)13-6-4-11(5-7-13)15-12(8-9-14)10-19-3/h4-7,12,15H,8-10,14H2,1-3H3. The van der Waals surface area contributed by atoms with Gasteiger partial charge in [0.2, 0.25) is 10.0 Å². The lowest BCUT2D eigenvalue weighted by atomic mass is 10.2. The van der Waals surface area contributed by atoms with E-state index in [4.69, 9.17) is 10.5 Å². The van der Waals surface area contributed by atoms with E-state index in [1.54, 1.807) is 31.4 Å². The van der Waals surface area contributed by atoms with E-state index < -0.39 is 10.0 Å². The summed E-state index contributed by atoms with van der Waals surface area (Å²) in [6.45, 7) is 1.11. The first-order valence-corrected chi connectivity index (χ1v) is 7.84. The maximum Gasteiger partial charge on any atom is 0.242 e. The van der Waals surface area contributed by atoms with E-state index in [2.05, 4.69) is 5.32 Å². The van der Waals surface area contributed by atoms with Gasteiger partial charge in [0, 0.05) is 26.9 Å². The van der Waals surface area contributed by atoms with Crippen molar-refractivity contribution in [1.82, 2.24) is 4.31 Å². The monoisotopic (exact) mass is 301 g/mol. The summed E-state index contributed by atoms with van der Waals surface area (Å²) >= 11 is 0. The second kappa shape index (κ2) is 7.58. The molecule has 3 N–H and O–H groups in total. The molecule has 0 aliphatic rings. The number of benzene rings is 1. The Kier molecular flexibility index (Phi) is 6.41. The van der Waals surface area contributed by atoms with Crippen LogP contribution in [0.1, 0.15) is 6.42 Å². The second-order valence-corrected chi connectivity index (χ2v) is 6.84. The number of methoxy groups -OCH3 is 1. The van der Waals surface area contributed by atoms with Gasteiger partial charge < -0.3 is 15.8 Å². The third-order valence-electron chi connectivity index (χ3n) is 2.89. The van der Waals surface area contributed by atoms with Gasteiger partial charge in [0.05, 0.1) is 17.5 Å². The number of hydrogen-bond acceptors (Lipinski definition) is 5. The van der Waals surface area contributed by atoms with Crippen LogP contribution in [0.15, 0.2) is 29.2 Å². The number of nitrogens with one attached hydrogen (secondary N) is 1. The zero-order chi connectivity index (χ0) is 15.2. The molecule has 0 saturated heterocycles. The molecule has 0 aromatic heterocycles. The van der Waals surface area contributed by atoms with E-state index in [-0.39, 0.29) is 10.9 Å².